The van der Waals surface area contributed by atoms with Gasteiger partial charge in [-0.3, -0.25) is 10.2 Å². The number of carboxylic acid groups (broad SMARTS) is 1. The first kappa shape index (κ1) is 18.9. The van der Waals surface area contributed by atoms with E-state index in [1.54, 1.807) is 41.7 Å². The van der Waals surface area contributed by atoms with Crippen molar-refractivity contribution in [2.45, 2.75) is 12.3 Å². The van der Waals surface area contributed by atoms with Gasteiger partial charge in [-0.05, 0) is 53.8 Å². The Kier molecular flexibility index (Phi) is 5.73. The largest absolute Gasteiger partial charge is 0.492 e. The minimum Gasteiger partial charge on any atom is -0.492 e. The van der Waals surface area contributed by atoms with Crippen molar-refractivity contribution in [3.05, 3.63) is 64.5 Å². The smallest absolute Gasteiger partial charge is 0.311 e. The minimum absolute atomic E-state index is 0.0185. The number of rotatable bonds is 8. The molecular formula is C20H21N3O3S. The van der Waals surface area contributed by atoms with E-state index in [4.69, 9.17) is 21.6 Å². The molecule has 0 spiro atoms. The van der Waals surface area contributed by atoms with Crippen molar-refractivity contribution < 1.29 is 14.6 Å². The lowest BCUT2D eigenvalue weighted by molar-refractivity contribution is -0.138. The molecule has 0 saturated carbocycles. The fourth-order valence-electron chi connectivity index (χ4n) is 2.89. The van der Waals surface area contributed by atoms with Crippen LogP contribution in [-0.2, 0) is 11.2 Å². The fourth-order valence-corrected chi connectivity index (χ4v) is 3.98. The van der Waals surface area contributed by atoms with Gasteiger partial charge in [-0.2, -0.15) is 0 Å². The number of benzene rings is 2. The van der Waals surface area contributed by atoms with Gasteiger partial charge in [0.05, 0.1) is 5.92 Å². The second-order valence-corrected chi connectivity index (χ2v) is 7.35. The average molecular weight is 383 g/mol. The predicted molar refractivity (Wildman–Crippen MR) is 108 cm³/mol. The van der Waals surface area contributed by atoms with E-state index in [0.717, 1.165) is 20.5 Å². The zero-order valence-corrected chi connectivity index (χ0v) is 15.5. The summed E-state index contributed by atoms with van der Waals surface area (Å²) in [5, 5.41) is 18.2. The van der Waals surface area contributed by atoms with Crippen molar-refractivity contribution in [3.8, 4) is 5.75 Å². The molecule has 2 aromatic carbocycles. The van der Waals surface area contributed by atoms with Crippen LogP contribution in [0.3, 0.4) is 0 Å². The van der Waals surface area contributed by atoms with Gasteiger partial charge in [-0.1, -0.05) is 12.1 Å². The second-order valence-electron chi connectivity index (χ2n) is 6.18. The maximum absolute atomic E-state index is 11.8. The Morgan fingerprint density at radius 1 is 1.19 bits per heavy atom. The van der Waals surface area contributed by atoms with Gasteiger partial charge in [0.15, 0.2) is 0 Å². The number of carbonyl (C=O) groups is 1. The van der Waals surface area contributed by atoms with Crippen molar-refractivity contribution in [2.24, 2.45) is 11.5 Å². The maximum atomic E-state index is 11.8. The van der Waals surface area contributed by atoms with E-state index < -0.39 is 11.9 Å². The van der Waals surface area contributed by atoms with Crippen LogP contribution >= 0.6 is 11.3 Å². The first-order valence-electron chi connectivity index (χ1n) is 8.50. The first-order chi connectivity index (χ1) is 13.0. The third kappa shape index (κ3) is 4.45. The summed E-state index contributed by atoms with van der Waals surface area (Å²) >= 11 is 1.56. The zero-order valence-electron chi connectivity index (χ0n) is 14.6. The molecule has 27 heavy (non-hydrogen) atoms. The number of aliphatic carboxylic acids is 1. The zero-order chi connectivity index (χ0) is 19.4. The van der Waals surface area contributed by atoms with Crippen LogP contribution < -0.4 is 16.2 Å². The van der Waals surface area contributed by atoms with Gasteiger partial charge in [0.25, 0.3) is 0 Å². The summed E-state index contributed by atoms with van der Waals surface area (Å²) in [6.07, 6.45) is 0.396. The number of thiophene rings is 1. The van der Waals surface area contributed by atoms with Crippen LogP contribution in [0.15, 0.2) is 48.5 Å². The lowest BCUT2D eigenvalue weighted by atomic mass is 9.95. The quantitative estimate of drug-likeness (QED) is 0.352. The lowest BCUT2D eigenvalue weighted by Gasteiger charge is -2.13. The number of fused-ring (bicyclic) bond motifs is 1. The molecule has 0 saturated heterocycles. The Hall–Kier alpha value is -2.90. The van der Waals surface area contributed by atoms with Crippen LogP contribution in [0, 0.1) is 5.41 Å². The van der Waals surface area contributed by atoms with Gasteiger partial charge in [-0.15, -0.1) is 11.3 Å². The summed E-state index contributed by atoms with van der Waals surface area (Å²) in [5.41, 5.74) is 12.3. The van der Waals surface area contributed by atoms with Crippen molar-refractivity contribution in [1.82, 2.24) is 0 Å². The third-order valence-electron chi connectivity index (χ3n) is 4.25. The molecule has 6 nitrogen and oxygen atoms in total. The normalized spacial score (nSPS) is 12.0. The van der Waals surface area contributed by atoms with E-state index in [2.05, 4.69) is 0 Å². The summed E-state index contributed by atoms with van der Waals surface area (Å²) in [6.45, 7) is 0.850. The van der Waals surface area contributed by atoms with Crippen molar-refractivity contribution in [3.63, 3.8) is 0 Å². The summed E-state index contributed by atoms with van der Waals surface area (Å²) in [4.78, 5) is 12.8. The molecule has 0 aliphatic heterocycles. The standard InChI is InChI=1S/C20H21N3O3S/c21-7-8-26-15-4-1-12(2-5-15)17(20(24)25)11-16-10-14-9-13(19(22)23)3-6-18(14)27-16/h1-6,9-10,17H,7-8,11,21H2,(H3,22,23)(H,24,25). The molecule has 1 atom stereocenters. The van der Waals surface area contributed by atoms with Crippen LogP contribution in [0.2, 0.25) is 0 Å². The van der Waals surface area contributed by atoms with E-state index >= 15 is 0 Å². The second kappa shape index (κ2) is 8.20. The van der Waals surface area contributed by atoms with Crippen LogP contribution in [0.4, 0.5) is 0 Å². The molecule has 0 amide bonds. The Balaban J connectivity index is 1.83. The van der Waals surface area contributed by atoms with E-state index in [0.29, 0.717) is 30.9 Å². The molecule has 1 aromatic heterocycles. The number of nitrogen functional groups attached to an aromatic ring is 1. The maximum Gasteiger partial charge on any atom is 0.311 e. The third-order valence-corrected chi connectivity index (χ3v) is 5.39. The molecule has 0 aliphatic carbocycles. The highest BCUT2D eigenvalue weighted by molar-refractivity contribution is 7.19. The number of ether oxygens (including phenoxy) is 1. The minimum atomic E-state index is -0.868. The highest BCUT2D eigenvalue weighted by atomic mass is 32.1. The van der Waals surface area contributed by atoms with Gasteiger partial charge in [0, 0.05) is 21.7 Å². The molecule has 0 aliphatic rings. The molecule has 3 aromatic rings. The molecule has 6 N–H and O–H groups in total. The summed E-state index contributed by atoms with van der Waals surface area (Å²) in [5.74, 6) is -0.821. The fraction of sp³-hybridized carbons (Fsp3) is 0.200. The van der Waals surface area contributed by atoms with Crippen LogP contribution in [-0.4, -0.2) is 30.1 Å². The number of nitrogens with two attached hydrogens (primary N) is 2. The Labute approximate surface area is 160 Å². The number of hydrogen-bond donors (Lipinski definition) is 4. The van der Waals surface area contributed by atoms with Crippen LogP contribution in [0.1, 0.15) is 21.9 Å². The van der Waals surface area contributed by atoms with E-state index in [1.165, 1.54) is 0 Å². The lowest BCUT2D eigenvalue weighted by Crippen LogP contribution is -2.14. The summed E-state index contributed by atoms with van der Waals surface area (Å²) < 4.78 is 6.49. The highest BCUT2D eigenvalue weighted by Gasteiger charge is 2.21. The Morgan fingerprint density at radius 2 is 1.93 bits per heavy atom. The SMILES string of the molecule is N=C(N)c1ccc2sc(CC(C(=O)O)c3ccc(OCCN)cc3)cc2c1. The van der Waals surface area contributed by atoms with E-state index in [9.17, 15) is 9.90 Å². The highest BCUT2D eigenvalue weighted by Crippen LogP contribution is 2.31. The predicted octanol–water partition coefficient (Wildman–Crippen LogP) is 2.93. The first-order valence-corrected chi connectivity index (χ1v) is 9.32. The van der Waals surface area contributed by atoms with E-state index in [1.807, 2.05) is 18.2 Å². The van der Waals surface area contributed by atoms with Crippen molar-refractivity contribution in [2.75, 3.05) is 13.2 Å². The van der Waals surface area contributed by atoms with Gasteiger partial charge < -0.3 is 21.3 Å². The van der Waals surface area contributed by atoms with E-state index in [-0.39, 0.29) is 5.84 Å². The van der Waals surface area contributed by atoms with Gasteiger partial charge in [0.2, 0.25) is 0 Å². The number of amidine groups is 1. The Morgan fingerprint density at radius 3 is 2.56 bits per heavy atom. The molecule has 1 heterocycles. The monoisotopic (exact) mass is 383 g/mol. The van der Waals surface area contributed by atoms with Gasteiger partial charge >= 0.3 is 5.97 Å². The molecule has 0 radical (unpaired) electrons. The van der Waals surface area contributed by atoms with Crippen LogP contribution in [0.25, 0.3) is 10.1 Å². The number of hydrogen-bond acceptors (Lipinski definition) is 5. The van der Waals surface area contributed by atoms with Crippen LogP contribution in [0.5, 0.6) is 5.75 Å². The Bertz CT molecular complexity index is 966. The molecule has 0 fully saturated rings. The molecule has 1 unspecified atom stereocenters. The van der Waals surface area contributed by atoms with Gasteiger partial charge in [-0.25, -0.2) is 0 Å². The molecule has 7 heteroatoms. The van der Waals surface area contributed by atoms with Gasteiger partial charge in [0.1, 0.15) is 18.2 Å². The topological polar surface area (TPSA) is 122 Å². The van der Waals surface area contributed by atoms with Crippen molar-refractivity contribution in [1.29, 1.82) is 5.41 Å². The molecule has 140 valence electrons. The molecule has 0 bridgehead atoms. The summed E-state index contributed by atoms with van der Waals surface area (Å²) in [7, 11) is 0. The number of carboxylic acids is 1. The summed E-state index contributed by atoms with van der Waals surface area (Å²) in [6, 6.07) is 14.7. The molecular weight excluding hydrogens is 362 g/mol. The van der Waals surface area contributed by atoms with Crippen molar-refractivity contribution >= 4 is 33.2 Å². The average Bonchev–Trinajstić information content (AvgIpc) is 3.06. The molecule has 3 rings (SSSR count). The number of nitrogens with one attached hydrogen (secondary N) is 1.